The molecule has 0 bridgehead atoms. The molecule has 0 unspecified atom stereocenters. The average molecular weight is 444 g/mol. The fourth-order valence-electron chi connectivity index (χ4n) is 4.51. The standard InChI is InChI=1S/C29H33NO3/c1-3-4-21-33-26-17-13-23(14-18-26)28-27(12-8-11-22-9-6-5-7-10-22)29(31)30(28)24-15-19-25(32-2)20-16-24/h5-7,9-10,13-20,27-28H,3-4,8,11-12,21H2,1-2H3/t27-,28-/m1/s1. The van der Waals surface area contributed by atoms with Crippen molar-refractivity contribution < 1.29 is 14.3 Å². The minimum Gasteiger partial charge on any atom is -0.497 e. The molecule has 0 N–H and O–H groups in total. The molecule has 0 spiro atoms. The Morgan fingerprint density at radius 3 is 2.21 bits per heavy atom. The highest BCUT2D eigenvalue weighted by Gasteiger charge is 2.48. The van der Waals surface area contributed by atoms with E-state index in [0.29, 0.717) is 0 Å². The van der Waals surface area contributed by atoms with Gasteiger partial charge < -0.3 is 14.4 Å². The molecule has 4 heteroatoms. The topological polar surface area (TPSA) is 38.8 Å². The number of amides is 1. The smallest absolute Gasteiger partial charge is 0.233 e. The monoisotopic (exact) mass is 443 g/mol. The summed E-state index contributed by atoms with van der Waals surface area (Å²) in [4.78, 5) is 15.2. The van der Waals surface area contributed by atoms with Crippen LogP contribution in [-0.2, 0) is 11.2 Å². The lowest BCUT2D eigenvalue weighted by Gasteiger charge is -2.47. The molecular formula is C29H33NO3. The van der Waals surface area contributed by atoms with Gasteiger partial charge >= 0.3 is 0 Å². The van der Waals surface area contributed by atoms with Crippen LogP contribution in [0.4, 0.5) is 5.69 Å². The van der Waals surface area contributed by atoms with Gasteiger partial charge in [-0.15, -0.1) is 0 Å². The van der Waals surface area contributed by atoms with E-state index in [2.05, 4.69) is 43.3 Å². The molecule has 172 valence electrons. The number of anilines is 1. The molecule has 0 aromatic heterocycles. The van der Waals surface area contributed by atoms with E-state index in [1.54, 1.807) is 7.11 Å². The molecule has 1 fully saturated rings. The van der Waals surface area contributed by atoms with Crippen molar-refractivity contribution in [3.8, 4) is 11.5 Å². The number of benzene rings is 3. The minimum atomic E-state index is -0.0114. The van der Waals surface area contributed by atoms with E-state index in [4.69, 9.17) is 9.47 Å². The number of nitrogens with zero attached hydrogens (tertiary/aromatic N) is 1. The summed E-state index contributed by atoms with van der Waals surface area (Å²) >= 11 is 0. The second-order valence-corrected chi connectivity index (χ2v) is 8.61. The summed E-state index contributed by atoms with van der Waals surface area (Å²) in [5.41, 5.74) is 3.38. The van der Waals surface area contributed by atoms with E-state index >= 15 is 0 Å². The molecule has 33 heavy (non-hydrogen) atoms. The maximum atomic E-state index is 13.3. The summed E-state index contributed by atoms with van der Waals surface area (Å²) < 4.78 is 11.1. The van der Waals surface area contributed by atoms with E-state index in [9.17, 15) is 4.79 Å². The van der Waals surface area contributed by atoms with Crippen molar-refractivity contribution in [1.82, 2.24) is 0 Å². The van der Waals surface area contributed by atoms with Gasteiger partial charge in [-0.2, -0.15) is 0 Å². The summed E-state index contributed by atoms with van der Waals surface area (Å²) in [5, 5.41) is 0. The molecule has 1 aliphatic rings. The van der Waals surface area contributed by atoms with Crippen molar-refractivity contribution in [2.45, 2.75) is 45.1 Å². The molecule has 3 aromatic rings. The van der Waals surface area contributed by atoms with Crippen LogP contribution in [-0.4, -0.2) is 19.6 Å². The average Bonchev–Trinajstić information content (AvgIpc) is 2.86. The summed E-state index contributed by atoms with van der Waals surface area (Å²) in [7, 11) is 1.65. The molecule has 4 nitrogen and oxygen atoms in total. The van der Waals surface area contributed by atoms with Gasteiger partial charge in [0, 0.05) is 5.69 Å². The van der Waals surface area contributed by atoms with Crippen LogP contribution in [0.15, 0.2) is 78.9 Å². The zero-order valence-electron chi connectivity index (χ0n) is 19.6. The number of hydrogen-bond acceptors (Lipinski definition) is 3. The Morgan fingerprint density at radius 2 is 1.55 bits per heavy atom. The van der Waals surface area contributed by atoms with Gasteiger partial charge in [0.15, 0.2) is 0 Å². The van der Waals surface area contributed by atoms with Gasteiger partial charge in [-0.1, -0.05) is 55.8 Å². The third kappa shape index (κ3) is 5.39. The van der Waals surface area contributed by atoms with E-state index in [-0.39, 0.29) is 17.9 Å². The Balaban J connectivity index is 1.50. The van der Waals surface area contributed by atoms with Gasteiger partial charge in [-0.05, 0) is 73.2 Å². The number of rotatable bonds is 11. The van der Waals surface area contributed by atoms with Crippen molar-refractivity contribution in [3.63, 3.8) is 0 Å². The zero-order valence-corrected chi connectivity index (χ0v) is 19.6. The van der Waals surface area contributed by atoms with Crippen LogP contribution >= 0.6 is 0 Å². The van der Waals surface area contributed by atoms with Gasteiger partial charge in [-0.3, -0.25) is 4.79 Å². The number of carbonyl (C=O) groups excluding carboxylic acids is 1. The third-order valence-electron chi connectivity index (χ3n) is 6.38. The van der Waals surface area contributed by atoms with E-state index in [1.165, 1.54) is 5.56 Å². The van der Waals surface area contributed by atoms with Crippen LogP contribution in [0.2, 0.25) is 0 Å². The molecule has 1 heterocycles. The Morgan fingerprint density at radius 1 is 0.848 bits per heavy atom. The quantitative estimate of drug-likeness (QED) is 0.247. The first-order valence-corrected chi connectivity index (χ1v) is 11.9. The van der Waals surface area contributed by atoms with Gasteiger partial charge in [0.25, 0.3) is 0 Å². The molecule has 1 amide bonds. The minimum absolute atomic E-state index is 0.0114. The summed E-state index contributed by atoms with van der Waals surface area (Å²) in [5.74, 6) is 1.86. The normalized spacial score (nSPS) is 17.5. The number of ether oxygens (including phenoxy) is 2. The first-order valence-electron chi connectivity index (χ1n) is 11.9. The van der Waals surface area contributed by atoms with Gasteiger partial charge in [0.05, 0.1) is 25.7 Å². The number of unbranched alkanes of at least 4 members (excludes halogenated alkanes) is 1. The Kier molecular flexibility index (Phi) is 7.66. The largest absolute Gasteiger partial charge is 0.497 e. The summed E-state index contributed by atoms with van der Waals surface area (Å²) in [6, 6.07) is 26.5. The maximum Gasteiger partial charge on any atom is 0.233 e. The number of carbonyl (C=O) groups is 1. The van der Waals surface area contributed by atoms with Crippen LogP contribution in [0.5, 0.6) is 11.5 Å². The molecular weight excluding hydrogens is 410 g/mol. The first-order chi connectivity index (χ1) is 16.2. The number of β-lactam (4-membered cyclic amide) rings is 1. The fraction of sp³-hybridized carbons (Fsp3) is 0.345. The van der Waals surface area contributed by atoms with Crippen LogP contribution in [0.3, 0.4) is 0 Å². The highest BCUT2D eigenvalue weighted by molar-refractivity contribution is 6.03. The number of hydrogen-bond donors (Lipinski definition) is 0. The fourth-order valence-corrected chi connectivity index (χ4v) is 4.51. The van der Waals surface area contributed by atoms with Crippen LogP contribution in [0, 0.1) is 5.92 Å². The highest BCUT2D eigenvalue weighted by atomic mass is 16.5. The molecule has 4 rings (SSSR count). The molecule has 0 radical (unpaired) electrons. The lowest BCUT2D eigenvalue weighted by atomic mass is 9.78. The maximum absolute atomic E-state index is 13.3. The van der Waals surface area contributed by atoms with Crippen molar-refractivity contribution in [2.75, 3.05) is 18.6 Å². The van der Waals surface area contributed by atoms with Gasteiger partial charge in [-0.25, -0.2) is 0 Å². The Hall–Kier alpha value is -3.27. The Bertz CT molecular complexity index is 1010. The van der Waals surface area contributed by atoms with Crippen molar-refractivity contribution in [1.29, 1.82) is 0 Å². The van der Waals surface area contributed by atoms with E-state index in [1.807, 2.05) is 47.4 Å². The summed E-state index contributed by atoms with van der Waals surface area (Å²) in [6.07, 6.45) is 5.02. The van der Waals surface area contributed by atoms with Crippen LogP contribution < -0.4 is 14.4 Å². The molecule has 1 saturated heterocycles. The second kappa shape index (κ2) is 11.0. The number of aryl methyl sites for hydroxylation is 1. The molecule has 0 aliphatic carbocycles. The molecule has 2 atom stereocenters. The predicted octanol–water partition coefficient (Wildman–Crippen LogP) is 6.60. The molecule has 0 saturated carbocycles. The number of methoxy groups -OCH3 is 1. The van der Waals surface area contributed by atoms with Gasteiger partial charge in [0.2, 0.25) is 5.91 Å². The molecule has 1 aliphatic heterocycles. The molecule has 3 aromatic carbocycles. The SMILES string of the molecule is CCCCOc1ccc([C@@H]2[C@@H](CCCc3ccccc3)C(=O)N2c2ccc(OC)cc2)cc1. The first kappa shape index (κ1) is 22.9. The van der Waals surface area contributed by atoms with Crippen LogP contribution in [0.1, 0.15) is 49.8 Å². The Labute approximate surface area is 197 Å². The second-order valence-electron chi connectivity index (χ2n) is 8.61. The van der Waals surface area contributed by atoms with E-state index in [0.717, 1.165) is 61.5 Å². The van der Waals surface area contributed by atoms with Crippen LogP contribution in [0.25, 0.3) is 0 Å². The van der Waals surface area contributed by atoms with Gasteiger partial charge in [0.1, 0.15) is 11.5 Å². The zero-order chi connectivity index (χ0) is 23.0. The summed E-state index contributed by atoms with van der Waals surface area (Å²) in [6.45, 7) is 2.89. The third-order valence-corrected chi connectivity index (χ3v) is 6.38. The van der Waals surface area contributed by atoms with Crippen molar-refractivity contribution in [3.05, 3.63) is 90.0 Å². The lowest BCUT2D eigenvalue weighted by Crippen LogP contribution is -2.55. The lowest BCUT2D eigenvalue weighted by molar-refractivity contribution is -0.130. The van der Waals surface area contributed by atoms with Crippen molar-refractivity contribution >= 4 is 11.6 Å². The predicted molar refractivity (Wildman–Crippen MR) is 133 cm³/mol. The van der Waals surface area contributed by atoms with E-state index < -0.39 is 0 Å². The van der Waals surface area contributed by atoms with Crippen molar-refractivity contribution in [2.24, 2.45) is 5.92 Å². The highest BCUT2D eigenvalue weighted by Crippen LogP contribution is 2.46.